The predicted molar refractivity (Wildman–Crippen MR) is 52.2 cm³/mol. The van der Waals surface area contributed by atoms with Crippen molar-refractivity contribution < 1.29 is 33.0 Å². The topological polar surface area (TPSA) is 176 Å². The average molecular weight is 266 g/mol. The average Bonchev–Trinajstić information content (AvgIpc) is 1.77. The van der Waals surface area contributed by atoms with Gasteiger partial charge in [-0.1, -0.05) is 13.3 Å². The fourth-order valence-electron chi connectivity index (χ4n) is 0.472. The number of phosphoric acid groups is 2. The Hall–Kier alpha value is 0.180. The standard InChI is InChI=1S/C4H12N2.H4O7P2/c1-2-3-4(5)6;1-8(2,3)7-9(4,5)6/h4H,2-3,5-6H2,1H3;(H2,1,2,3)(H2,4,5,6). The Morgan fingerprint density at radius 1 is 1.13 bits per heavy atom. The van der Waals surface area contributed by atoms with Gasteiger partial charge in [0.05, 0.1) is 6.17 Å². The highest BCUT2D eigenvalue weighted by Crippen LogP contribution is 2.53. The zero-order valence-electron chi connectivity index (χ0n) is 8.05. The van der Waals surface area contributed by atoms with E-state index < -0.39 is 15.6 Å². The molecule has 11 heteroatoms. The molecule has 9 nitrogen and oxygen atoms in total. The van der Waals surface area contributed by atoms with E-state index in [1.807, 2.05) is 0 Å². The van der Waals surface area contributed by atoms with Crippen LogP contribution in [0.3, 0.4) is 0 Å². The zero-order chi connectivity index (χ0) is 12.7. The summed E-state index contributed by atoms with van der Waals surface area (Å²) >= 11 is 0. The lowest BCUT2D eigenvalue weighted by Crippen LogP contribution is -2.29. The fraction of sp³-hybridized carbons (Fsp3) is 1.00. The predicted octanol–water partition coefficient (Wildman–Crippen LogP) is -0.782. The fourth-order valence-corrected chi connectivity index (χ4v) is 1.58. The molecule has 0 aliphatic carbocycles. The van der Waals surface area contributed by atoms with Crippen LogP contribution >= 0.6 is 15.6 Å². The Morgan fingerprint density at radius 3 is 1.47 bits per heavy atom. The summed E-state index contributed by atoms with van der Waals surface area (Å²) in [5.41, 5.74) is 10.4. The second-order valence-corrected chi connectivity index (χ2v) is 5.13. The summed E-state index contributed by atoms with van der Waals surface area (Å²) < 4.78 is 22.2. The first-order valence-electron chi connectivity index (χ1n) is 3.81. The molecule has 0 aliphatic heterocycles. The Labute approximate surface area is 86.9 Å². The van der Waals surface area contributed by atoms with Gasteiger partial charge in [-0.05, 0) is 6.42 Å². The van der Waals surface area contributed by atoms with Gasteiger partial charge in [0.25, 0.3) is 0 Å². The third-order valence-electron chi connectivity index (χ3n) is 0.835. The van der Waals surface area contributed by atoms with Crippen molar-refractivity contribution >= 4 is 15.6 Å². The highest BCUT2D eigenvalue weighted by molar-refractivity contribution is 7.60. The zero-order valence-corrected chi connectivity index (χ0v) is 9.84. The quantitative estimate of drug-likeness (QED) is 0.281. The van der Waals surface area contributed by atoms with Crippen LogP contribution in [0.4, 0.5) is 0 Å². The first kappa shape index (κ1) is 17.6. The summed E-state index contributed by atoms with van der Waals surface area (Å²) in [6, 6.07) is 0. The van der Waals surface area contributed by atoms with Crippen LogP contribution in [0.5, 0.6) is 0 Å². The molecule has 0 saturated carbocycles. The minimum absolute atomic E-state index is 0.102. The minimum atomic E-state index is -5.05. The lowest BCUT2D eigenvalue weighted by Gasteiger charge is -2.03. The molecule has 0 unspecified atom stereocenters. The summed E-state index contributed by atoms with van der Waals surface area (Å²) in [5.74, 6) is 0. The molecule has 0 rings (SSSR count). The lowest BCUT2D eigenvalue weighted by molar-refractivity contribution is 0.225. The third-order valence-corrected chi connectivity index (χ3v) is 2.54. The van der Waals surface area contributed by atoms with Crippen LogP contribution < -0.4 is 11.5 Å². The number of hydrogen-bond acceptors (Lipinski definition) is 5. The summed E-state index contributed by atoms with van der Waals surface area (Å²) in [4.78, 5) is 31.0. The van der Waals surface area contributed by atoms with E-state index in [2.05, 4.69) is 11.2 Å². The van der Waals surface area contributed by atoms with E-state index in [0.717, 1.165) is 12.8 Å². The van der Waals surface area contributed by atoms with E-state index in [1.54, 1.807) is 0 Å². The Bertz CT molecular complexity index is 225. The van der Waals surface area contributed by atoms with Crippen LogP contribution in [0.1, 0.15) is 19.8 Å². The number of rotatable bonds is 4. The highest BCUT2D eigenvalue weighted by Gasteiger charge is 2.27. The number of hydrogen-bond donors (Lipinski definition) is 6. The molecule has 0 amide bonds. The van der Waals surface area contributed by atoms with Crippen molar-refractivity contribution in [2.75, 3.05) is 0 Å². The molecule has 8 N–H and O–H groups in total. The molecule has 0 atom stereocenters. The maximum absolute atomic E-state index is 9.63. The third kappa shape index (κ3) is 25.0. The lowest BCUT2D eigenvalue weighted by atomic mass is 10.3. The first-order chi connectivity index (χ1) is 6.48. The van der Waals surface area contributed by atoms with Crippen molar-refractivity contribution in [3.05, 3.63) is 0 Å². The van der Waals surface area contributed by atoms with Gasteiger partial charge in [0.15, 0.2) is 0 Å². The molecule has 0 heterocycles. The van der Waals surface area contributed by atoms with Crippen LogP contribution in [-0.4, -0.2) is 25.7 Å². The molecule has 0 bridgehead atoms. The van der Waals surface area contributed by atoms with E-state index >= 15 is 0 Å². The molecule has 0 aliphatic rings. The SMILES string of the molecule is CCCC(N)N.O=P(O)(O)OP(=O)(O)O. The Kier molecular flexibility index (Phi) is 8.73. The first-order valence-corrected chi connectivity index (χ1v) is 6.87. The van der Waals surface area contributed by atoms with Crippen molar-refractivity contribution in [3.8, 4) is 0 Å². The molecule has 0 aromatic carbocycles. The smallest absolute Gasteiger partial charge is 0.316 e. The monoisotopic (exact) mass is 266 g/mol. The summed E-state index contributed by atoms with van der Waals surface area (Å²) in [7, 11) is -10.1. The second kappa shape index (κ2) is 7.45. The molecule has 0 aromatic heterocycles. The maximum Gasteiger partial charge on any atom is 0.478 e. The Morgan fingerprint density at radius 2 is 1.47 bits per heavy atom. The van der Waals surface area contributed by atoms with E-state index in [0.29, 0.717) is 0 Å². The molecule has 0 aromatic rings. The molecule has 94 valence electrons. The van der Waals surface area contributed by atoms with E-state index in [4.69, 9.17) is 31.0 Å². The van der Waals surface area contributed by atoms with E-state index in [1.165, 1.54) is 0 Å². The summed E-state index contributed by atoms with van der Waals surface area (Å²) in [6.07, 6.45) is 1.91. The van der Waals surface area contributed by atoms with Crippen LogP contribution in [0.15, 0.2) is 0 Å². The Balaban J connectivity index is 0. The second-order valence-electron chi connectivity index (χ2n) is 2.52. The van der Waals surface area contributed by atoms with Gasteiger partial charge in [0.1, 0.15) is 0 Å². The number of nitrogens with two attached hydrogens (primary N) is 2. The minimum Gasteiger partial charge on any atom is -0.316 e. The van der Waals surface area contributed by atoms with Gasteiger partial charge < -0.3 is 31.0 Å². The van der Waals surface area contributed by atoms with Gasteiger partial charge in [0, 0.05) is 0 Å². The maximum atomic E-state index is 9.63. The van der Waals surface area contributed by atoms with Gasteiger partial charge >= 0.3 is 15.6 Å². The van der Waals surface area contributed by atoms with Crippen molar-refractivity contribution in [2.24, 2.45) is 11.5 Å². The molecule has 15 heavy (non-hydrogen) atoms. The van der Waals surface area contributed by atoms with Gasteiger partial charge in [-0.2, -0.15) is 4.31 Å². The highest BCUT2D eigenvalue weighted by atomic mass is 31.3. The van der Waals surface area contributed by atoms with Crippen LogP contribution in [-0.2, 0) is 13.4 Å². The van der Waals surface area contributed by atoms with E-state index in [9.17, 15) is 9.13 Å². The summed E-state index contributed by atoms with van der Waals surface area (Å²) in [6.45, 7) is 2.06. The van der Waals surface area contributed by atoms with Crippen molar-refractivity contribution in [1.82, 2.24) is 0 Å². The molecule has 0 radical (unpaired) electrons. The molecular formula is C4H16N2O7P2. The van der Waals surface area contributed by atoms with Gasteiger partial charge in [-0.15, -0.1) is 0 Å². The van der Waals surface area contributed by atoms with Crippen molar-refractivity contribution in [3.63, 3.8) is 0 Å². The van der Waals surface area contributed by atoms with E-state index in [-0.39, 0.29) is 6.17 Å². The normalized spacial score (nSPS) is 12.3. The van der Waals surface area contributed by atoms with Crippen LogP contribution in [0, 0.1) is 0 Å². The van der Waals surface area contributed by atoms with Crippen LogP contribution in [0.2, 0.25) is 0 Å². The van der Waals surface area contributed by atoms with Crippen LogP contribution in [0.25, 0.3) is 0 Å². The van der Waals surface area contributed by atoms with Gasteiger partial charge in [-0.3, -0.25) is 0 Å². The molecule has 0 fully saturated rings. The van der Waals surface area contributed by atoms with Gasteiger partial charge in [-0.25, -0.2) is 9.13 Å². The largest absolute Gasteiger partial charge is 0.478 e. The molecule has 0 saturated heterocycles. The van der Waals surface area contributed by atoms with Crippen molar-refractivity contribution in [2.45, 2.75) is 25.9 Å². The molecule has 0 spiro atoms. The van der Waals surface area contributed by atoms with Gasteiger partial charge in [0.2, 0.25) is 0 Å². The molecular weight excluding hydrogens is 250 g/mol. The van der Waals surface area contributed by atoms with Crippen molar-refractivity contribution in [1.29, 1.82) is 0 Å². The summed E-state index contributed by atoms with van der Waals surface area (Å²) in [5, 5.41) is 0.